The van der Waals surface area contributed by atoms with E-state index in [-0.39, 0.29) is 0 Å². The predicted octanol–water partition coefficient (Wildman–Crippen LogP) is 3.17. The normalized spacial score (nSPS) is 10.8. The molecular formula is C13H12N2O. The van der Waals surface area contributed by atoms with Gasteiger partial charge >= 0.3 is 0 Å². The first kappa shape index (κ1) is 9.09. The Morgan fingerprint density at radius 2 is 2.06 bits per heavy atom. The molecular weight excluding hydrogens is 200 g/mol. The third-order valence-corrected chi connectivity index (χ3v) is 2.74. The fraction of sp³-hybridized carbons (Fsp3) is 0.0769. The van der Waals surface area contributed by atoms with Crippen molar-refractivity contribution in [1.82, 2.24) is 9.97 Å². The van der Waals surface area contributed by atoms with Crippen LogP contribution in [0.5, 0.6) is 5.75 Å². The Bertz CT molecular complexity index is 608. The van der Waals surface area contributed by atoms with E-state index in [0.29, 0.717) is 0 Å². The third-order valence-electron chi connectivity index (χ3n) is 2.74. The lowest BCUT2D eigenvalue weighted by Crippen LogP contribution is -1.80. The van der Waals surface area contributed by atoms with E-state index >= 15 is 0 Å². The average molecular weight is 212 g/mol. The zero-order valence-electron chi connectivity index (χ0n) is 8.95. The minimum Gasteiger partial charge on any atom is -0.497 e. The number of hydrogen-bond donors (Lipinski definition) is 2. The molecule has 0 aliphatic carbocycles. The summed E-state index contributed by atoms with van der Waals surface area (Å²) in [6.07, 6.45) is 3.89. The number of rotatable bonds is 2. The van der Waals surface area contributed by atoms with Gasteiger partial charge in [0.25, 0.3) is 0 Å². The standard InChI is InChI=1S/C13H12N2O/c1-16-11-2-3-12-10(6-11)7-13(15-12)9-4-5-14-8-9/h2-8,14-15H,1H3. The molecule has 80 valence electrons. The zero-order valence-corrected chi connectivity index (χ0v) is 8.95. The zero-order chi connectivity index (χ0) is 11.0. The number of hydrogen-bond acceptors (Lipinski definition) is 1. The molecule has 0 saturated carbocycles. The van der Waals surface area contributed by atoms with Gasteiger partial charge in [0.1, 0.15) is 5.75 Å². The minimum absolute atomic E-state index is 0.882. The Morgan fingerprint density at radius 3 is 2.81 bits per heavy atom. The second kappa shape index (κ2) is 3.45. The van der Waals surface area contributed by atoms with Gasteiger partial charge in [0.15, 0.2) is 0 Å². The fourth-order valence-corrected chi connectivity index (χ4v) is 1.88. The summed E-state index contributed by atoms with van der Waals surface area (Å²) < 4.78 is 5.20. The smallest absolute Gasteiger partial charge is 0.119 e. The molecule has 0 bridgehead atoms. The minimum atomic E-state index is 0.882. The predicted molar refractivity (Wildman–Crippen MR) is 64.6 cm³/mol. The van der Waals surface area contributed by atoms with E-state index in [9.17, 15) is 0 Å². The van der Waals surface area contributed by atoms with Gasteiger partial charge in [-0.3, -0.25) is 0 Å². The van der Waals surface area contributed by atoms with Crippen LogP contribution in [0.3, 0.4) is 0 Å². The summed E-state index contributed by atoms with van der Waals surface area (Å²) >= 11 is 0. The van der Waals surface area contributed by atoms with Gasteiger partial charge in [-0.15, -0.1) is 0 Å². The van der Waals surface area contributed by atoms with Crippen molar-refractivity contribution < 1.29 is 4.74 Å². The van der Waals surface area contributed by atoms with Crippen molar-refractivity contribution >= 4 is 10.9 Å². The quantitative estimate of drug-likeness (QED) is 0.673. The summed E-state index contributed by atoms with van der Waals surface area (Å²) in [6.45, 7) is 0. The van der Waals surface area contributed by atoms with Crippen LogP contribution < -0.4 is 4.74 Å². The van der Waals surface area contributed by atoms with Gasteiger partial charge in [0, 0.05) is 34.6 Å². The Labute approximate surface area is 93.1 Å². The van der Waals surface area contributed by atoms with Crippen LogP contribution in [0.25, 0.3) is 22.2 Å². The highest BCUT2D eigenvalue weighted by molar-refractivity contribution is 5.86. The molecule has 0 aliphatic rings. The molecule has 3 nitrogen and oxygen atoms in total. The number of aromatic amines is 2. The van der Waals surface area contributed by atoms with Crippen LogP contribution >= 0.6 is 0 Å². The lowest BCUT2D eigenvalue weighted by molar-refractivity contribution is 0.415. The first-order valence-electron chi connectivity index (χ1n) is 5.17. The molecule has 2 heterocycles. The van der Waals surface area contributed by atoms with E-state index < -0.39 is 0 Å². The van der Waals surface area contributed by atoms with Crippen LogP contribution in [0.4, 0.5) is 0 Å². The van der Waals surface area contributed by atoms with E-state index in [1.165, 1.54) is 0 Å². The van der Waals surface area contributed by atoms with E-state index in [1.54, 1.807) is 7.11 Å². The Hall–Kier alpha value is -2.16. The van der Waals surface area contributed by atoms with Crippen molar-refractivity contribution in [3.8, 4) is 17.0 Å². The van der Waals surface area contributed by atoms with Gasteiger partial charge in [-0.25, -0.2) is 0 Å². The summed E-state index contributed by atoms with van der Waals surface area (Å²) in [5.74, 6) is 0.882. The molecule has 0 atom stereocenters. The summed E-state index contributed by atoms with van der Waals surface area (Å²) in [5, 5.41) is 1.16. The Balaban J connectivity index is 2.16. The number of methoxy groups -OCH3 is 1. The molecule has 0 amide bonds. The van der Waals surface area contributed by atoms with Gasteiger partial charge in [-0.1, -0.05) is 0 Å². The third kappa shape index (κ3) is 1.37. The molecule has 0 unspecified atom stereocenters. The van der Waals surface area contributed by atoms with Gasteiger partial charge in [-0.2, -0.15) is 0 Å². The topological polar surface area (TPSA) is 40.8 Å². The number of fused-ring (bicyclic) bond motifs is 1. The van der Waals surface area contributed by atoms with Crippen molar-refractivity contribution in [1.29, 1.82) is 0 Å². The number of aromatic nitrogens is 2. The van der Waals surface area contributed by atoms with Crippen molar-refractivity contribution in [2.45, 2.75) is 0 Å². The molecule has 0 spiro atoms. The van der Waals surface area contributed by atoms with Crippen LogP contribution in [-0.2, 0) is 0 Å². The van der Waals surface area contributed by atoms with Gasteiger partial charge in [0.2, 0.25) is 0 Å². The molecule has 0 fully saturated rings. The summed E-state index contributed by atoms with van der Waals surface area (Å²) in [5.41, 5.74) is 3.40. The summed E-state index contributed by atoms with van der Waals surface area (Å²) in [4.78, 5) is 6.42. The number of H-pyrrole nitrogens is 2. The summed E-state index contributed by atoms with van der Waals surface area (Å²) in [6, 6.07) is 10.2. The first-order chi connectivity index (χ1) is 7.86. The molecule has 2 aromatic heterocycles. The maximum Gasteiger partial charge on any atom is 0.119 e. The average Bonchev–Trinajstić information content (AvgIpc) is 2.96. The molecule has 1 aromatic carbocycles. The van der Waals surface area contributed by atoms with Crippen LogP contribution in [0.15, 0.2) is 42.7 Å². The largest absolute Gasteiger partial charge is 0.497 e. The van der Waals surface area contributed by atoms with Crippen LogP contribution in [0.1, 0.15) is 0 Å². The highest BCUT2D eigenvalue weighted by atomic mass is 16.5. The molecule has 3 aromatic rings. The first-order valence-corrected chi connectivity index (χ1v) is 5.17. The van der Waals surface area contributed by atoms with Crippen molar-refractivity contribution in [3.63, 3.8) is 0 Å². The van der Waals surface area contributed by atoms with Gasteiger partial charge in [0.05, 0.1) is 7.11 Å². The molecule has 3 rings (SSSR count). The Kier molecular flexibility index (Phi) is 1.96. The number of benzene rings is 1. The number of nitrogens with one attached hydrogen (secondary N) is 2. The van der Waals surface area contributed by atoms with Gasteiger partial charge < -0.3 is 14.7 Å². The highest BCUT2D eigenvalue weighted by Gasteiger charge is 2.04. The van der Waals surface area contributed by atoms with Crippen LogP contribution in [-0.4, -0.2) is 17.1 Å². The molecule has 3 heteroatoms. The van der Waals surface area contributed by atoms with Crippen molar-refractivity contribution in [2.75, 3.05) is 7.11 Å². The van der Waals surface area contributed by atoms with Crippen molar-refractivity contribution in [3.05, 3.63) is 42.7 Å². The molecule has 0 saturated heterocycles. The molecule has 2 N–H and O–H groups in total. The summed E-state index contributed by atoms with van der Waals surface area (Å²) in [7, 11) is 1.68. The lowest BCUT2D eigenvalue weighted by Gasteiger charge is -1.97. The van der Waals surface area contributed by atoms with Crippen LogP contribution in [0, 0.1) is 0 Å². The monoisotopic (exact) mass is 212 g/mol. The SMILES string of the molecule is COc1ccc2[nH]c(-c3cc[nH]c3)cc2c1. The van der Waals surface area contributed by atoms with E-state index in [2.05, 4.69) is 16.0 Å². The maximum absolute atomic E-state index is 5.20. The van der Waals surface area contributed by atoms with Gasteiger partial charge in [-0.05, 0) is 30.3 Å². The van der Waals surface area contributed by atoms with Crippen molar-refractivity contribution in [2.24, 2.45) is 0 Å². The second-order valence-corrected chi connectivity index (χ2v) is 3.74. The number of ether oxygens (including phenoxy) is 1. The maximum atomic E-state index is 5.20. The lowest BCUT2D eigenvalue weighted by atomic mass is 10.2. The molecule has 0 aliphatic heterocycles. The van der Waals surface area contributed by atoms with E-state index in [4.69, 9.17) is 4.74 Å². The van der Waals surface area contributed by atoms with Crippen LogP contribution in [0.2, 0.25) is 0 Å². The van der Waals surface area contributed by atoms with E-state index in [0.717, 1.165) is 27.9 Å². The Morgan fingerprint density at radius 1 is 1.12 bits per heavy atom. The fourth-order valence-electron chi connectivity index (χ4n) is 1.88. The van der Waals surface area contributed by atoms with E-state index in [1.807, 2.05) is 36.7 Å². The second-order valence-electron chi connectivity index (χ2n) is 3.74. The molecule has 16 heavy (non-hydrogen) atoms. The highest BCUT2D eigenvalue weighted by Crippen LogP contribution is 2.26. The molecule has 0 radical (unpaired) electrons.